The minimum atomic E-state index is -0.645. The summed E-state index contributed by atoms with van der Waals surface area (Å²) < 4.78 is 26.4. The topological polar surface area (TPSA) is 35.8 Å². The molecular formula is C15H18F2N2. The first kappa shape index (κ1) is 14.0. The lowest BCUT2D eigenvalue weighted by Crippen LogP contribution is -2.31. The lowest BCUT2D eigenvalue weighted by Gasteiger charge is -2.20. The fourth-order valence-electron chi connectivity index (χ4n) is 2.63. The number of benzene rings is 1. The predicted octanol–water partition coefficient (Wildman–Crippen LogP) is 3.84. The molecule has 0 amide bonds. The van der Waals surface area contributed by atoms with Crippen LogP contribution in [0.4, 0.5) is 8.78 Å². The number of nitriles is 1. The standard InChI is InChI=1S/C15H18F2N2/c16-12-7-11(8-13(17)9-12)15(10-18)19-14-5-3-1-2-4-6-14/h7-9,14-15,19H,1-6H2. The number of halogens is 2. The highest BCUT2D eigenvalue weighted by Gasteiger charge is 2.19. The van der Waals surface area contributed by atoms with Gasteiger partial charge < -0.3 is 0 Å². The number of rotatable bonds is 3. The molecule has 1 fully saturated rings. The zero-order valence-electron chi connectivity index (χ0n) is 10.8. The molecule has 0 spiro atoms. The molecule has 4 heteroatoms. The molecule has 0 aliphatic heterocycles. The van der Waals surface area contributed by atoms with Crippen molar-refractivity contribution in [2.45, 2.75) is 50.6 Å². The van der Waals surface area contributed by atoms with Gasteiger partial charge in [0, 0.05) is 12.1 Å². The van der Waals surface area contributed by atoms with Crippen molar-refractivity contribution in [3.8, 4) is 6.07 Å². The van der Waals surface area contributed by atoms with Crippen molar-refractivity contribution in [3.63, 3.8) is 0 Å². The summed E-state index contributed by atoms with van der Waals surface area (Å²) in [7, 11) is 0. The summed E-state index contributed by atoms with van der Waals surface area (Å²) in [4.78, 5) is 0. The van der Waals surface area contributed by atoms with E-state index >= 15 is 0 Å². The van der Waals surface area contributed by atoms with Crippen LogP contribution in [0.2, 0.25) is 0 Å². The van der Waals surface area contributed by atoms with Crippen molar-refractivity contribution in [3.05, 3.63) is 35.4 Å². The van der Waals surface area contributed by atoms with Gasteiger partial charge in [-0.15, -0.1) is 0 Å². The van der Waals surface area contributed by atoms with E-state index in [1.807, 2.05) is 0 Å². The van der Waals surface area contributed by atoms with Gasteiger partial charge in [-0.05, 0) is 30.5 Å². The maximum absolute atomic E-state index is 13.2. The van der Waals surface area contributed by atoms with E-state index in [0.717, 1.165) is 31.7 Å². The molecule has 0 radical (unpaired) electrons. The van der Waals surface area contributed by atoms with E-state index in [0.29, 0.717) is 5.56 Å². The quantitative estimate of drug-likeness (QED) is 0.842. The predicted molar refractivity (Wildman–Crippen MR) is 69.3 cm³/mol. The summed E-state index contributed by atoms with van der Waals surface area (Å²) in [6.07, 6.45) is 6.79. The van der Waals surface area contributed by atoms with Crippen LogP contribution in [0, 0.1) is 23.0 Å². The molecule has 1 aliphatic carbocycles. The van der Waals surface area contributed by atoms with Gasteiger partial charge in [-0.3, -0.25) is 5.32 Å². The Morgan fingerprint density at radius 1 is 1.05 bits per heavy atom. The Morgan fingerprint density at radius 3 is 2.16 bits per heavy atom. The summed E-state index contributed by atoms with van der Waals surface area (Å²) in [6.45, 7) is 0. The van der Waals surface area contributed by atoms with Crippen LogP contribution in [-0.2, 0) is 0 Å². The molecule has 102 valence electrons. The Labute approximate surface area is 112 Å². The van der Waals surface area contributed by atoms with Gasteiger partial charge in [-0.25, -0.2) is 8.78 Å². The Balaban J connectivity index is 2.08. The third kappa shape index (κ3) is 4.00. The second-order valence-corrected chi connectivity index (χ2v) is 5.12. The molecule has 1 saturated carbocycles. The van der Waals surface area contributed by atoms with Crippen molar-refractivity contribution in [2.75, 3.05) is 0 Å². The van der Waals surface area contributed by atoms with E-state index in [4.69, 9.17) is 0 Å². The minimum absolute atomic E-state index is 0.262. The first-order chi connectivity index (χ1) is 9.19. The van der Waals surface area contributed by atoms with Gasteiger partial charge in [0.15, 0.2) is 0 Å². The fraction of sp³-hybridized carbons (Fsp3) is 0.533. The van der Waals surface area contributed by atoms with Crippen LogP contribution in [0.1, 0.15) is 50.1 Å². The molecule has 1 aliphatic rings. The maximum atomic E-state index is 13.2. The van der Waals surface area contributed by atoms with Crippen molar-refractivity contribution < 1.29 is 8.78 Å². The average Bonchev–Trinajstić information content (AvgIpc) is 2.63. The molecule has 1 aromatic rings. The zero-order chi connectivity index (χ0) is 13.7. The molecule has 2 nitrogen and oxygen atoms in total. The number of nitrogens with zero attached hydrogens (tertiary/aromatic N) is 1. The van der Waals surface area contributed by atoms with Gasteiger partial charge in [0.2, 0.25) is 0 Å². The van der Waals surface area contributed by atoms with E-state index in [9.17, 15) is 14.0 Å². The summed E-state index contributed by atoms with van der Waals surface area (Å²) >= 11 is 0. The molecule has 0 aromatic heterocycles. The summed E-state index contributed by atoms with van der Waals surface area (Å²) in [5, 5.41) is 12.4. The van der Waals surface area contributed by atoms with E-state index in [2.05, 4.69) is 11.4 Å². The summed E-state index contributed by atoms with van der Waals surface area (Å²) in [5.74, 6) is -1.28. The number of hydrogen-bond donors (Lipinski definition) is 1. The third-order valence-corrected chi connectivity index (χ3v) is 3.60. The zero-order valence-corrected chi connectivity index (χ0v) is 10.8. The normalized spacial score (nSPS) is 18.6. The van der Waals surface area contributed by atoms with Gasteiger partial charge in [-0.2, -0.15) is 5.26 Å². The highest BCUT2D eigenvalue weighted by molar-refractivity contribution is 5.25. The molecule has 1 aromatic carbocycles. The first-order valence-corrected chi connectivity index (χ1v) is 6.80. The van der Waals surface area contributed by atoms with Crippen molar-refractivity contribution in [1.29, 1.82) is 5.26 Å². The SMILES string of the molecule is N#CC(NC1CCCCCC1)c1cc(F)cc(F)c1. The second-order valence-electron chi connectivity index (χ2n) is 5.12. The van der Waals surface area contributed by atoms with Crippen LogP contribution >= 0.6 is 0 Å². The largest absolute Gasteiger partial charge is 0.295 e. The van der Waals surface area contributed by atoms with Gasteiger partial charge in [0.25, 0.3) is 0 Å². The fourth-order valence-corrected chi connectivity index (χ4v) is 2.63. The van der Waals surface area contributed by atoms with Gasteiger partial charge >= 0.3 is 0 Å². The number of hydrogen-bond acceptors (Lipinski definition) is 2. The highest BCUT2D eigenvalue weighted by atomic mass is 19.1. The third-order valence-electron chi connectivity index (χ3n) is 3.60. The van der Waals surface area contributed by atoms with Crippen LogP contribution in [0.5, 0.6) is 0 Å². The van der Waals surface area contributed by atoms with Crippen molar-refractivity contribution >= 4 is 0 Å². The van der Waals surface area contributed by atoms with E-state index in [1.54, 1.807) is 0 Å². The van der Waals surface area contributed by atoms with Crippen LogP contribution in [0.25, 0.3) is 0 Å². The van der Waals surface area contributed by atoms with E-state index < -0.39 is 17.7 Å². The van der Waals surface area contributed by atoms with E-state index in [-0.39, 0.29) is 6.04 Å². The highest BCUT2D eigenvalue weighted by Crippen LogP contribution is 2.22. The van der Waals surface area contributed by atoms with Crippen molar-refractivity contribution in [1.82, 2.24) is 5.32 Å². The molecule has 19 heavy (non-hydrogen) atoms. The number of nitrogens with one attached hydrogen (secondary N) is 1. The summed E-state index contributed by atoms with van der Waals surface area (Å²) in [5.41, 5.74) is 0.365. The Morgan fingerprint density at radius 2 is 1.63 bits per heavy atom. The second kappa shape index (κ2) is 6.63. The molecule has 1 N–H and O–H groups in total. The Bertz CT molecular complexity index is 439. The smallest absolute Gasteiger partial charge is 0.126 e. The monoisotopic (exact) mass is 264 g/mol. The molecule has 0 bridgehead atoms. The van der Waals surface area contributed by atoms with Crippen molar-refractivity contribution in [2.24, 2.45) is 0 Å². The van der Waals surface area contributed by atoms with E-state index in [1.165, 1.54) is 25.0 Å². The molecule has 0 saturated heterocycles. The molecule has 1 atom stereocenters. The molecular weight excluding hydrogens is 246 g/mol. The van der Waals surface area contributed by atoms with Gasteiger partial charge in [0.1, 0.15) is 17.7 Å². The minimum Gasteiger partial charge on any atom is -0.295 e. The Kier molecular flexibility index (Phi) is 4.86. The lowest BCUT2D eigenvalue weighted by molar-refractivity contribution is 0.434. The van der Waals surface area contributed by atoms with Crippen LogP contribution in [-0.4, -0.2) is 6.04 Å². The first-order valence-electron chi connectivity index (χ1n) is 6.80. The van der Waals surface area contributed by atoms with Gasteiger partial charge in [0.05, 0.1) is 6.07 Å². The lowest BCUT2D eigenvalue weighted by atomic mass is 10.0. The van der Waals surface area contributed by atoms with Crippen LogP contribution in [0.3, 0.4) is 0 Å². The molecule has 0 heterocycles. The molecule has 1 unspecified atom stereocenters. The van der Waals surface area contributed by atoms with Gasteiger partial charge in [-0.1, -0.05) is 25.7 Å². The van der Waals surface area contributed by atoms with Crippen LogP contribution < -0.4 is 5.32 Å². The maximum Gasteiger partial charge on any atom is 0.126 e. The molecule has 2 rings (SSSR count). The average molecular weight is 264 g/mol. The van der Waals surface area contributed by atoms with Crippen LogP contribution in [0.15, 0.2) is 18.2 Å². The Hall–Kier alpha value is -1.47. The summed E-state index contributed by atoms with van der Waals surface area (Å²) in [6, 6.07) is 4.98.